The molecule has 3 aromatic carbocycles. The summed E-state index contributed by atoms with van der Waals surface area (Å²) in [6.45, 7) is 3.66. The molecule has 1 atom stereocenters. The minimum Gasteiger partial charge on any atom is -0.550 e. The molecule has 2 aliphatic rings. The molecule has 50 heavy (non-hydrogen) atoms. The topological polar surface area (TPSA) is 110 Å². The van der Waals surface area contributed by atoms with E-state index >= 15 is 0 Å². The highest BCUT2D eigenvalue weighted by Crippen LogP contribution is 2.53. The molecule has 1 heterocycles. The molecule has 7 heteroatoms. The number of aliphatic carboxylic acids is 1. The van der Waals surface area contributed by atoms with Gasteiger partial charge in [-0.05, 0) is 110 Å². The number of nitrogens with zero attached hydrogens (tertiary/aromatic N) is 1. The summed E-state index contributed by atoms with van der Waals surface area (Å²) < 4.78 is 0. The first-order chi connectivity index (χ1) is 23.6. The standard InChI is InChI=1S/C35H38ClNO3S.C8H16.H3N/c1-34(2,40)30-9-4-3-7-25(30)13-17-32(41-23-35(18-19-35)22-33(38)39)27-8-5-6-24(20-27)10-15-29-16-12-26-11-14-28(36)21-31(26)37-29;1-2-4-6-8-7-5-3-1;/h3-9,11-12,14,16,20-21,32,40H,10,13,15,17-19,22-23H2,1-2H3,(H,38,39);1-8H2;1H3/t32-;;/m1../s1. The number of benzene rings is 3. The van der Waals surface area contributed by atoms with Crippen molar-refractivity contribution in [2.75, 3.05) is 5.75 Å². The van der Waals surface area contributed by atoms with Gasteiger partial charge in [0.05, 0.1) is 11.1 Å². The van der Waals surface area contributed by atoms with Crippen LogP contribution in [-0.2, 0) is 29.7 Å². The lowest BCUT2D eigenvalue weighted by Gasteiger charge is -2.25. The molecule has 5 N–H and O–H groups in total. The number of quaternary nitrogens is 1. The molecule has 0 unspecified atom stereocenters. The lowest BCUT2D eigenvalue weighted by atomic mass is 9.90. The molecule has 270 valence electrons. The lowest BCUT2D eigenvalue weighted by molar-refractivity contribution is -0.307. The van der Waals surface area contributed by atoms with Crippen LogP contribution in [0.1, 0.15) is 124 Å². The van der Waals surface area contributed by atoms with Gasteiger partial charge in [0.25, 0.3) is 0 Å². The van der Waals surface area contributed by atoms with E-state index in [4.69, 9.17) is 16.6 Å². The number of pyridine rings is 1. The first kappa shape index (κ1) is 39.9. The van der Waals surface area contributed by atoms with Crippen LogP contribution in [0.15, 0.2) is 78.9 Å². The number of thioether (sulfide) groups is 1. The quantitative estimate of drug-likeness (QED) is 0.143. The zero-order chi connectivity index (χ0) is 34.7. The third-order valence-electron chi connectivity index (χ3n) is 10.1. The Morgan fingerprint density at radius 2 is 1.54 bits per heavy atom. The second-order valence-electron chi connectivity index (χ2n) is 14.8. The Hall–Kier alpha value is -2.90. The molecule has 0 saturated heterocycles. The Balaban J connectivity index is 0.000000550. The molecule has 0 radical (unpaired) electrons. The maximum absolute atomic E-state index is 11.4. The molecule has 2 saturated carbocycles. The van der Waals surface area contributed by atoms with Crippen molar-refractivity contribution in [3.63, 3.8) is 0 Å². The minimum absolute atomic E-state index is 0. The van der Waals surface area contributed by atoms with Crippen molar-refractivity contribution in [1.29, 1.82) is 0 Å². The predicted molar refractivity (Wildman–Crippen MR) is 210 cm³/mol. The number of carboxylic acid groups (broad SMARTS) is 1. The number of hydrogen-bond donors (Lipinski definition) is 2. The van der Waals surface area contributed by atoms with Crippen LogP contribution in [0.25, 0.3) is 10.9 Å². The van der Waals surface area contributed by atoms with E-state index in [0.717, 1.165) is 72.0 Å². The highest BCUT2D eigenvalue weighted by molar-refractivity contribution is 7.99. The zero-order valence-corrected chi connectivity index (χ0v) is 32.0. The van der Waals surface area contributed by atoms with Gasteiger partial charge in [-0.3, -0.25) is 4.98 Å². The Bertz CT molecular complexity index is 1640. The van der Waals surface area contributed by atoms with Gasteiger partial charge >= 0.3 is 0 Å². The van der Waals surface area contributed by atoms with Crippen LogP contribution in [-0.4, -0.2) is 21.8 Å². The average Bonchev–Trinajstić information content (AvgIpc) is 3.82. The summed E-state index contributed by atoms with van der Waals surface area (Å²) in [5.74, 6) is -0.141. The van der Waals surface area contributed by atoms with Gasteiger partial charge in [-0.15, -0.1) is 0 Å². The van der Waals surface area contributed by atoms with Crippen LogP contribution in [0, 0.1) is 5.41 Å². The van der Waals surface area contributed by atoms with Gasteiger partial charge in [0, 0.05) is 27.3 Å². The maximum Gasteiger partial charge on any atom is 0.0843 e. The van der Waals surface area contributed by atoms with Gasteiger partial charge in [-0.1, -0.05) is 124 Å². The van der Waals surface area contributed by atoms with E-state index in [9.17, 15) is 15.0 Å². The van der Waals surface area contributed by atoms with E-state index in [-0.39, 0.29) is 23.2 Å². The van der Waals surface area contributed by atoms with Crippen molar-refractivity contribution >= 4 is 40.2 Å². The molecule has 1 aromatic heterocycles. The summed E-state index contributed by atoms with van der Waals surface area (Å²) >= 11 is 8.05. The zero-order valence-electron chi connectivity index (χ0n) is 30.4. The fourth-order valence-electron chi connectivity index (χ4n) is 7.01. The Kier molecular flexibility index (Phi) is 15.2. The third-order valence-corrected chi connectivity index (χ3v) is 12.0. The molecule has 2 aliphatic carbocycles. The SMILES string of the molecule is C1CCCCCCC1.CC(C)(O)c1ccccc1CC[C@@H](SCC1(CC(=O)[O-])CC1)c1cccc(CCc2ccc3ccc(Cl)cc3n2)c1.[NH4+]. The van der Waals surface area contributed by atoms with E-state index in [1.54, 1.807) is 0 Å². The van der Waals surface area contributed by atoms with E-state index in [1.807, 2.05) is 62.0 Å². The molecule has 6 rings (SSSR count). The Morgan fingerprint density at radius 1 is 0.880 bits per heavy atom. The molecule has 0 bridgehead atoms. The van der Waals surface area contributed by atoms with Gasteiger partial charge in [0.1, 0.15) is 0 Å². The fraction of sp³-hybridized carbons (Fsp3) is 0.488. The van der Waals surface area contributed by atoms with Crippen LogP contribution >= 0.6 is 23.4 Å². The molecular weight excluding hydrogens is 660 g/mol. The summed E-state index contributed by atoms with van der Waals surface area (Å²) in [7, 11) is 0. The molecule has 2 fully saturated rings. The number of aryl methyl sites for hydroxylation is 3. The summed E-state index contributed by atoms with van der Waals surface area (Å²) in [5.41, 5.74) is 5.54. The van der Waals surface area contributed by atoms with Crippen LogP contribution in [0.3, 0.4) is 0 Å². The normalized spacial score (nSPS) is 16.2. The molecule has 0 aliphatic heterocycles. The molecular formula is C43H57ClN2O3S. The highest BCUT2D eigenvalue weighted by atomic mass is 35.5. The highest BCUT2D eigenvalue weighted by Gasteiger charge is 2.42. The number of carbonyl (C=O) groups is 1. The summed E-state index contributed by atoms with van der Waals surface area (Å²) in [4.78, 5) is 16.2. The predicted octanol–water partition coefficient (Wildman–Crippen LogP) is 10.7. The number of rotatable bonds is 13. The minimum atomic E-state index is -0.953. The van der Waals surface area contributed by atoms with E-state index in [0.29, 0.717) is 5.02 Å². The second kappa shape index (κ2) is 19.1. The second-order valence-corrected chi connectivity index (χ2v) is 16.4. The van der Waals surface area contributed by atoms with Crippen molar-refractivity contribution < 1.29 is 15.0 Å². The van der Waals surface area contributed by atoms with Crippen molar-refractivity contribution in [3.8, 4) is 0 Å². The molecule has 5 nitrogen and oxygen atoms in total. The summed E-state index contributed by atoms with van der Waals surface area (Å²) in [5, 5.41) is 24.1. The lowest BCUT2D eigenvalue weighted by Crippen LogP contribution is -2.26. The first-order valence-corrected chi connectivity index (χ1v) is 19.8. The molecule has 4 aromatic rings. The van der Waals surface area contributed by atoms with E-state index < -0.39 is 11.6 Å². The Morgan fingerprint density at radius 3 is 2.18 bits per heavy atom. The number of aliphatic hydroxyl groups is 1. The first-order valence-electron chi connectivity index (χ1n) is 18.4. The van der Waals surface area contributed by atoms with Crippen LogP contribution in [0.4, 0.5) is 0 Å². The number of aromatic nitrogens is 1. The van der Waals surface area contributed by atoms with Gasteiger partial charge in [0.2, 0.25) is 0 Å². The van der Waals surface area contributed by atoms with Crippen LogP contribution in [0.2, 0.25) is 5.02 Å². The van der Waals surface area contributed by atoms with Crippen molar-refractivity contribution in [2.24, 2.45) is 5.41 Å². The van der Waals surface area contributed by atoms with Crippen LogP contribution in [0.5, 0.6) is 0 Å². The van der Waals surface area contributed by atoms with Gasteiger partial charge in [-0.2, -0.15) is 11.8 Å². The van der Waals surface area contributed by atoms with Gasteiger partial charge < -0.3 is 21.2 Å². The number of halogens is 1. The van der Waals surface area contributed by atoms with E-state index in [2.05, 4.69) is 42.5 Å². The summed E-state index contributed by atoms with van der Waals surface area (Å²) in [6, 6.07) is 26.9. The average molecular weight is 717 g/mol. The fourth-order valence-corrected chi connectivity index (χ4v) is 8.74. The maximum atomic E-state index is 11.4. The van der Waals surface area contributed by atoms with Crippen molar-refractivity contribution in [2.45, 2.75) is 121 Å². The number of carboxylic acids is 1. The van der Waals surface area contributed by atoms with Crippen molar-refractivity contribution in [3.05, 3.63) is 112 Å². The largest absolute Gasteiger partial charge is 0.550 e. The van der Waals surface area contributed by atoms with Gasteiger partial charge in [-0.25, -0.2) is 0 Å². The van der Waals surface area contributed by atoms with E-state index in [1.165, 1.54) is 62.5 Å². The number of hydrogen-bond acceptors (Lipinski definition) is 5. The number of carbonyl (C=O) groups excluding carboxylic acids is 1. The third kappa shape index (κ3) is 12.4. The smallest absolute Gasteiger partial charge is 0.0843 e. The molecule has 0 amide bonds. The summed E-state index contributed by atoms with van der Waals surface area (Å²) in [6.07, 6.45) is 17.5. The monoisotopic (exact) mass is 716 g/mol. The van der Waals surface area contributed by atoms with Gasteiger partial charge in [0.15, 0.2) is 0 Å². The Labute approximate surface area is 309 Å². The number of fused-ring (bicyclic) bond motifs is 1. The molecule has 0 spiro atoms. The van der Waals surface area contributed by atoms with Crippen LogP contribution < -0.4 is 11.3 Å². The van der Waals surface area contributed by atoms with Crippen molar-refractivity contribution in [1.82, 2.24) is 11.1 Å².